The molecule has 0 bridgehead atoms. The molecule has 0 rings (SSSR count). The van der Waals surface area contributed by atoms with Crippen molar-refractivity contribution in [3.63, 3.8) is 0 Å². The van der Waals surface area contributed by atoms with E-state index in [1.165, 1.54) is 89.9 Å². The summed E-state index contributed by atoms with van der Waals surface area (Å²) in [6.07, 6.45) is 26.5. The topological polar surface area (TPSA) is 115 Å². The van der Waals surface area contributed by atoms with Crippen molar-refractivity contribution in [2.45, 2.75) is 148 Å². The van der Waals surface area contributed by atoms with Crippen LogP contribution >= 0.6 is 0 Å². The van der Waals surface area contributed by atoms with E-state index in [9.17, 15) is 19.5 Å². The highest BCUT2D eigenvalue weighted by Gasteiger charge is 2.26. The summed E-state index contributed by atoms with van der Waals surface area (Å²) in [5.41, 5.74) is 0. The molecule has 0 saturated carbocycles. The third-order valence-corrected chi connectivity index (χ3v) is 7.70. The van der Waals surface area contributed by atoms with Gasteiger partial charge in [0.05, 0.1) is 39.0 Å². The fourth-order valence-electron chi connectivity index (χ4n) is 5.41. The van der Waals surface area contributed by atoms with Crippen LogP contribution in [0.25, 0.3) is 0 Å². The first-order valence-corrected chi connectivity index (χ1v) is 15.9. The van der Waals surface area contributed by atoms with Crippen LogP contribution < -0.4 is 5.11 Å². The maximum atomic E-state index is 11.1. The molecule has 0 aromatic carbocycles. The van der Waals surface area contributed by atoms with Crippen molar-refractivity contribution < 1.29 is 34.2 Å². The SMILES string of the molecule is CCCCC/C=C/CCCCCCCCCCCCC[N+](CCCC(=O)[O-])(CCCC(=O)O)CCCC(=O)O. The first-order valence-electron chi connectivity index (χ1n) is 15.9. The predicted octanol–water partition coefficient (Wildman–Crippen LogP) is 6.88. The molecule has 0 aromatic heterocycles. The lowest BCUT2D eigenvalue weighted by Gasteiger charge is -2.39. The van der Waals surface area contributed by atoms with E-state index in [1.54, 1.807) is 0 Å². The highest BCUT2D eigenvalue weighted by molar-refractivity contribution is 5.66. The Bertz CT molecular complexity index is 598. The molecule has 0 heterocycles. The van der Waals surface area contributed by atoms with Gasteiger partial charge >= 0.3 is 11.9 Å². The average Bonchev–Trinajstić information content (AvgIpc) is 2.87. The summed E-state index contributed by atoms with van der Waals surface area (Å²) in [6, 6.07) is 0. The summed E-state index contributed by atoms with van der Waals surface area (Å²) in [6.45, 7) is 5.01. The van der Waals surface area contributed by atoms with Crippen LogP contribution in [0.15, 0.2) is 12.2 Å². The van der Waals surface area contributed by atoms with E-state index >= 15 is 0 Å². The first-order chi connectivity index (χ1) is 18.8. The van der Waals surface area contributed by atoms with Crippen molar-refractivity contribution in [2.24, 2.45) is 0 Å². The quantitative estimate of drug-likeness (QED) is 0.0569. The molecule has 0 radical (unpaired) electrons. The van der Waals surface area contributed by atoms with E-state index in [0.717, 1.165) is 19.4 Å². The number of nitrogens with zero attached hydrogens (tertiary/aromatic N) is 1. The molecule has 0 spiro atoms. The Kier molecular flexibility index (Phi) is 25.1. The standard InChI is InChI=1S/C32H59NO6/c1-2-3-4-5-6-7-8-9-10-11-12-13-14-15-16-17-18-19-26-33(27-20-23-30(34)35,28-21-24-31(36)37)29-22-25-32(38)39/h6-7H,2-5,8-29H2,1H3,(H2-,34,35,36,37,38,39)/b7-6+. The van der Waals surface area contributed by atoms with E-state index in [2.05, 4.69) is 19.1 Å². The molecular weight excluding hydrogens is 494 g/mol. The first kappa shape index (κ1) is 37.1. The summed E-state index contributed by atoms with van der Waals surface area (Å²) in [5, 5.41) is 29.1. The Labute approximate surface area is 238 Å². The minimum atomic E-state index is -1.07. The summed E-state index contributed by atoms with van der Waals surface area (Å²) < 4.78 is 0.614. The van der Waals surface area contributed by atoms with Crippen LogP contribution in [0, 0.1) is 0 Å². The van der Waals surface area contributed by atoms with Gasteiger partial charge in [-0.2, -0.15) is 0 Å². The lowest BCUT2D eigenvalue weighted by atomic mass is 10.0. The molecule has 228 valence electrons. The van der Waals surface area contributed by atoms with Crippen molar-refractivity contribution in [1.82, 2.24) is 0 Å². The molecule has 2 N–H and O–H groups in total. The monoisotopic (exact) mass is 553 g/mol. The molecule has 0 fully saturated rings. The second-order valence-corrected chi connectivity index (χ2v) is 11.4. The van der Waals surface area contributed by atoms with Crippen molar-refractivity contribution in [3.05, 3.63) is 12.2 Å². The van der Waals surface area contributed by atoms with Gasteiger partial charge in [0.1, 0.15) is 0 Å². The molecule has 0 aliphatic rings. The van der Waals surface area contributed by atoms with Gasteiger partial charge in [-0.3, -0.25) is 9.59 Å². The Morgan fingerprint density at radius 3 is 1.31 bits per heavy atom. The number of hydrogen-bond donors (Lipinski definition) is 2. The summed E-state index contributed by atoms with van der Waals surface area (Å²) in [7, 11) is 0. The number of aliphatic carboxylic acids is 3. The van der Waals surface area contributed by atoms with Crippen molar-refractivity contribution in [1.29, 1.82) is 0 Å². The minimum Gasteiger partial charge on any atom is -0.550 e. The number of quaternary nitrogens is 1. The molecular formula is C32H59NO6. The zero-order valence-corrected chi connectivity index (χ0v) is 25.0. The van der Waals surface area contributed by atoms with Gasteiger partial charge in [-0.15, -0.1) is 0 Å². The molecule has 0 aromatic rings. The van der Waals surface area contributed by atoms with Crippen LogP contribution in [0.4, 0.5) is 0 Å². The maximum Gasteiger partial charge on any atom is 0.303 e. The van der Waals surface area contributed by atoms with Crippen LogP contribution in [-0.2, 0) is 14.4 Å². The molecule has 0 aliphatic heterocycles. The summed E-state index contributed by atoms with van der Waals surface area (Å²) in [4.78, 5) is 33.1. The third-order valence-electron chi connectivity index (χ3n) is 7.70. The van der Waals surface area contributed by atoms with Gasteiger partial charge in [0.2, 0.25) is 0 Å². The smallest absolute Gasteiger partial charge is 0.303 e. The zero-order chi connectivity index (χ0) is 29.0. The molecule has 7 heteroatoms. The molecule has 39 heavy (non-hydrogen) atoms. The van der Waals surface area contributed by atoms with Crippen molar-refractivity contribution in [3.8, 4) is 0 Å². The lowest BCUT2D eigenvalue weighted by molar-refractivity contribution is -0.929. The lowest BCUT2D eigenvalue weighted by Crippen LogP contribution is -2.51. The van der Waals surface area contributed by atoms with Gasteiger partial charge in [-0.25, -0.2) is 0 Å². The van der Waals surface area contributed by atoms with Gasteiger partial charge in [-0.05, 0) is 44.9 Å². The highest BCUT2D eigenvalue weighted by Crippen LogP contribution is 2.19. The maximum absolute atomic E-state index is 11.1. The number of carbonyl (C=O) groups is 3. The summed E-state index contributed by atoms with van der Waals surface area (Å²) in [5.74, 6) is -2.74. The normalized spacial score (nSPS) is 11.8. The molecule has 0 amide bonds. The van der Waals surface area contributed by atoms with E-state index < -0.39 is 17.9 Å². The highest BCUT2D eigenvalue weighted by atomic mass is 16.4. The number of carboxylic acid groups (broad SMARTS) is 3. The second kappa shape index (κ2) is 26.3. The molecule has 0 atom stereocenters. The number of hydrogen-bond acceptors (Lipinski definition) is 4. The Balaban J connectivity index is 4.17. The number of carboxylic acids is 3. The van der Waals surface area contributed by atoms with Gasteiger partial charge in [-0.1, -0.05) is 83.3 Å². The third kappa shape index (κ3) is 26.1. The Hall–Kier alpha value is -1.89. The fourth-order valence-corrected chi connectivity index (χ4v) is 5.41. The Morgan fingerprint density at radius 2 is 0.897 bits per heavy atom. The van der Waals surface area contributed by atoms with Crippen molar-refractivity contribution >= 4 is 17.9 Å². The largest absolute Gasteiger partial charge is 0.550 e. The summed E-state index contributed by atoms with van der Waals surface area (Å²) >= 11 is 0. The van der Waals surface area contributed by atoms with E-state index in [1.807, 2.05) is 0 Å². The van der Waals surface area contributed by atoms with Crippen LogP contribution in [-0.4, -0.2) is 58.8 Å². The number of rotatable bonds is 30. The van der Waals surface area contributed by atoms with Crippen molar-refractivity contribution in [2.75, 3.05) is 26.2 Å². The van der Waals surface area contributed by atoms with E-state index in [0.29, 0.717) is 43.4 Å². The molecule has 0 saturated heterocycles. The Morgan fingerprint density at radius 1 is 0.538 bits per heavy atom. The second-order valence-electron chi connectivity index (χ2n) is 11.4. The van der Waals surface area contributed by atoms with Crippen LogP contribution in [0.1, 0.15) is 148 Å². The van der Waals surface area contributed by atoms with Gasteiger partial charge in [0.15, 0.2) is 0 Å². The van der Waals surface area contributed by atoms with Gasteiger partial charge < -0.3 is 24.6 Å². The van der Waals surface area contributed by atoms with Gasteiger partial charge in [0, 0.05) is 25.2 Å². The van der Waals surface area contributed by atoms with Crippen LogP contribution in [0.5, 0.6) is 0 Å². The van der Waals surface area contributed by atoms with Gasteiger partial charge in [0.25, 0.3) is 0 Å². The predicted molar refractivity (Wildman–Crippen MR) is 156 cm³/mol. The number of allylic oxidation sites excluding steroid dienone is 2. The zero-order valence-electron chi connectivity index (χ0n) is 25.0. The minimum absolute atomic E-state index is 0.0198. The number of unbranched alkanes of at least 4 members (excludes halogenated alkanes) is 14. The molecule has 0 aliphatic carbocycles. The fraction of sp³-hybridized carbons (Fsp3) is 0.844. The molecule has 7 nitrogen and oxygen atoms in total. The average molecular weight is 554 g/mol. The van der Waals surface area contributed by atoms with E-state index in [-0.39, 0.29) is 19.3 Å². The van der Waals surface area contributed by atoms with E-state index in [4.69, 9.17) is 10.2 Å². The van der Waals surface area contributed by atoms with Crippen LogP contribution in [0.3, 0.4) is 0 Å². The molecule has 0 unspecified atom stereocenters. The number of carbonyl (C=O) groups excluding carboxylic acids is 1. The van der Waals surface area contributed by atoms with Crippen LogP contribution in [0.2, 0.25) is 0 Å².